The topological polar surface area (TPSA) is 74.0 Å². The summed E-state index contributed by atoms with van der Waals surface area (Å²) in [4.78, 5) is 25.7. The van der Waals surface area contributed by atoms with Gasteiger partial charge in [0, 0.05) is 17.1 Å². The second-order valence-corrected chi connectivity index (χ2v) is 3.68. The van der Waals surface area contributed by atoms with Gasteiger partial charge in [0.2, 0.25) is 0 Å². The minimum atomic E-state index is -0.591. The summed E-state index contributed by atoms with van der Waals surface area (Å²) in [5.74, 6) is -0.307. The molecular weight excluding hydrogens is 206 g/mol. The first-order chi connectivity index (χ1) is 7.75. The van der Waals surface area contributed by atoms with E-state index in [0.29, 0.717) is 0 Å². The highest BCUT2D eigenvalue weighted by Crippen LogP contribution is 2.25. The van der Waals surface area contributed by atoms with Gasteiger partial charge in [-0.1, -0.05) is 12.1 Å². The number of hydrogen-bond donors (Lipinski definition) is 3. The molecule has 0 radical (unpaired) electrons. The Kier molecular flexibility index (Phi) is 1.73. The Balaban J connectivity index is 2.15. The first-order valence-corrected chi connectivity index (χ1v) is 4.93. The molecule has 1 unspecified atom stereocenters. The highest BCUT2D eigenvalue weighted by Gasteiger charge is 2.31. The summed E-state index contributed by atoms with van der Waals surface area (Å²) in [6.45, 7) is 0. The lowest BCUT2D eigenvalue weighted by atomic mass is 10.0. The fourth-order valence-electron chi connectivity index (χ4n) is 2.00. The molecule has 1 aliphatic heterocycles. The molecule has 0 aliphatic carbocycles. The van der Waals surface area contributed by atoms with Gasteiger partial charge in [0.05, 0.1) is 0 Å². The van der Waals surface area contributed by atoms with Crippen LogP contribution in [-0.4, -0.2) is 16.9 Å². The number of hydrogen-bond acceptors (Lipinski definition) is 2. The SMILES string of the molecule is O=C1NC(=O)C(c2cccc3[nH]ccc23)N1. The molecule has 2 aromatic rings. The predicted molar refractivity (Wildman–Crippen MR) is 57.7 cm³/mol. The van der Waals surface area contributed by atoms with Crippen molar-refractivity contribution >= 4 is 22.8 Å². The Hall–Kier alpha value is -2.30. The van der Waals surface area contributed by atoms with Crippen molar-refractivity contribution in [2.75, 3.05) is 0 Å². The van der Waals surface area contributed by atoms with Gasteiger partial charge in [-0.25, -0.2) is 4.79 Å². The van der Waals surface area contributed by atoms with Crippen molar-refractivity contribution in [3.63, 3.8) is 0 Å². The molecule has 1 aromatic carbocycles. The molecule has 16 heavy (non-hydrogen) atoms. The molecule has 1 aromatic heterocycles. The molecule has 0 spiro atoms. The van der Waals surface area contributed by atoms with E-state index in [4.69, 9.17) is 0 Å². The molecule has 5 nitrogen and oxygen atoms in total. The van der Waals surface area contributed by atoms with Gasteiger partial charge < -0.3 is 10.3 Å². The lowest BCUT2D eigenvalue weighted by Crippen LogP contribution is -2.22. The van der Waals surface area contributed by atoms with E-state index in [-0.39, 0.29) is 5.91 Å². The van der Waals surface area contributed by atoms with Crippen LogP contribution in [0, 0.1) is 0 Å². The minimum absolute atomic E-state index is 0.307. The monoisotopic (exact) mass is 215 g/mol. The number of aromatic nitrogens is 1. The minimum Gasteiger partial charge on any atom is -0.361 e. The standard InChI is InChI=1S/C11H9N3O2/c15-10-9(13-11(16)14-10)7-2-1-3-8-6(7)4-5-12-8/h1-5,9,12H,(H2,13,14,15,16). The molecule has 3 amide bonds. The van der Waals surface area contributed by atoms with E-state index in [1.165, 1.54) is 0 Å². The summed E-state index contributed by atoms with van der Waals surface area (Å²) in [5.41, 5.74) is 1.76. The van der Waals surface area contributed by atoms with Crippen molar-refractivity contribution in [1.82, 2.24) is 15.6 Å². The highest BCUT2D eigenvalue weighted by molar-refractivity contribution is 6.06. The molecule has 1 saturated heterocycles. The van der Waals surface area contributed by atoms with E-state index in [0.717, 1.165) is 16.5 Å². The van der Waals surface area contributed by atoms with Gasteiger partial charge in [-0.3, -0.25) is 10.1 Å². The van der Waals surface area contributed by atoms with Gasteiger partial charge in [0.15, 0.2) is 0 Å². The zero-order valence-corrected chi connectivity index (χ0v) is 8.28. The number of aromatic amines is 1. The zero-order valence-electron chi connectivity index (χ0n) is 8.28. The second-order valence-electron chi connectivity index (χ2n) is 3.68. The third-order valence-electron chi connectivity index (χ3n) is 2.71. The van der Waals surface area contributed by atoms with E-state index < -0.39 is 12.1 Å². The number of H-pyrrole nitrogens is 1. The van der Waals surface area contributed by atoms with E-state index in [1.807, 2.05) is 30.5 Å². The maximum Gasteiger partial charge on any atom is 0.322 e. The largest absolute Gasteiger partial charge is 0.361 e. The molecular formula is C11H9N3O2. The third kappa shape index (κ3) is 1.18. The summed E-state index contributed by atoms with van der Waals surface area (Å²) in [6, 6.07) is 6.47. The quantitative estimate of drug-likeness (QED) is 0.622. The van der Waals surface area contributed by atoms with Crippen LogP contribution in [0.3, 0.4) is 0 Å². The summed E-state index contributed by atoms with van der Waals surface area (Å²) in [7, 11) is 0. The number of carbonyl (C=O) groups excluding carboxylic acids is 2. The van der Waals surface area contributed by atoms with Crippen molar-refractivity contribution in [3.05, 3.63) is 36.0 Å². The number of fused-ring (bicyclic) bond motifs is 1. The van der Waals surface area contributed by atoms with E-state index in [9.17, 15) is 9.59 Å². The van der Waals surface area contributed by atoms with Crippen molar-refractivity contribution < 1.29 is 9.59 Å². The van der Waals surface area contributed by atoms with E-state index in [2.05, 4.69) is 15.6 Å². The first-order valence-electron chi connectivity index (χ1n) is 4.93. The Morgan fingerprint density at radius 1 is 1.12 bits per heavy atom. The van der Waals surface area contributed by atoms with Crippen LogP contribution in [0.2, 0.25) is 0 Å². The summed E-state index contributed by atoms with van der Waals surface area (Å²) >= 11 is 0. The second kappa shape index (κ2) is 3.10. The first kappa shape index (κ1) is 8.96. The summed E-state index contributed by atoms with van der Waals surface area (Å²) < 4.78 is 0. The average molecular weight is 215 g/mol. The molecule has 3 rings (SSSR count). The number of nitrogens with one attached hydrogen (secondary N) is 3. The number of imide groups is 1. The van der Waals surface area contributed by atoms with Gasteiger partial charge in [-0.05, 0) is 17.7 Å². The van der Waals surface area contributed by atoms with Crippen LogP contribution in [0.4, 0.5) is 4.79 Å². The van der Waals surface area contributed by atoms with Gasteiger partial charge in [0.1, 0.15) is 6.04 Å². The van der Waals surface area contributed by atoms with Crippen molar-refractivity contribution in [3.8, 4) is 0 Å². The Morgan fingerprint density at radius 2 is 2.00 bits per heavy atom. The van der Waals surface area contributed by atoms with Crippen LogP contribution in [0.5, 0.6) is 0 Å². The number of urea groups is 1. The molecule has 80 valence electrons. The van der Waals surface area contributed by atoms with E-state index >= 15 is 0 Å². The van der Waals surface area contributed by atoms with Crippen LogP contribution in [0.1, 0.15) is 11.6 Å². The number of benzene rings is 1. The summed E-state index contributed by atoms with van der Waals surface area (Å²) in [6.07, 6.45) is 1.81. The number of rotatable bonds is 1. The van der Waals surface area contributed by atoms with Gasteiger partial charge in [-0.2, -0.15) is 0 Å². The smallest absolute Gasteiger partial charge is 0.322 e. The zero-order chi connectivity index (χ0) is 11.1. The normalized spacial score (nSPS) is 19.9. The van der Waals surface area contributed by atoms with Gasteiger partial charge in [0.25, 0.3) is 5.91 Å². The lowest BCUT2D eigenvalue weighted by Gasteiger charge is -2.08. The third-order valence-corrected chi connectivity index (χ3v) is 2.71. The van der Waals surface area contributed by atoms with Crippen LogP contribution >= 0.6 is 0 Å². The molecule has 1 aliphatic rings. The maximum atomic E-state index is 11.5. The Labute approximate surface area is 90.8 Å². The molecule has 1 fully saturated rings. The van der Waals surface area contributed by atoms with Crippen LogP contribution < -0.4 is 10.6 Å². The van der Waals surface area contributed by atoms with Gasteiger partial charge in [-0.15, -0.1) is 0 Å². The predicted octanol–water partition coefficient (Wildman–Crippen LogP) is 1.05. The van der Waals surface area contributed by atoms with Crippen molar-refractivity contribution in [2.45, 2.75) is 6.04 Å². The van der Waals surface area contributed by atoms with E-state index in [1.54, 1.807) is 0 Å². The van der Waals surface area contributed by atoms with Gasteiger partial charge >= 0.3 is 6.03 Å². The molecule has 1 atom stereocenters. The summed E-state index contributed by atoms with van der Waals surface area (Å²) in [5, 5.41) is 5.76. The van der Waals surface area contributed by atoms with Crippen LogP contribution in [0.25, 0.3) is 10.9 Å². The molecule has 2 heterocycles. The molecule has 5 heteroatoms. The number of carbonyl (C=O) groups is 2. The Morgan fingerprint density at radius 3 is 2.75 bits per heavy atom. The molecule has 0 bridgehead atoms. The highest BCUT2D eigenvalue weighted by atomic mass is 16.2. The van der Waals surface area contributed by atoms with Crippen molar-refractivity contribution in [1.29, 1.82) is 0 Å². The number of amides is 3. The average Bonchev–Trinajstić information content (AvgIpc) is 2.84. The molecule has 0 saturated carbocycles. The van der Waals surface area contributed by atoms with Crippen LogP contribution in [-0.2, 0) is 4.79 Å². The maximum absolute atomic E-state index is 11.5. The molecule has 3 N–H and O–H groups in total. The lowest BCUT2D eigenvalue weighted by molar-refractivity contribution is -0.120. The van der Waals surface area contributed by atoms with Crippen LogP contribution in [0.15, 0.2) is 30.5 Å². The van der Waals surface area contributed by atoms with Crippen molar-refractivity contribution in [2.24, 2.45) is 0 Å². The fourth-order valence-corrected chi connectivity index (χ4v) is 2.00. The Bertz CT molecular complexity index is 588. The fraction of sp³-hybridized carbons (Fsp3) is 0.0909.